The zero-order valence-corrected chi connectivity index (χ0v) is 14.2. The van der Waals surface area contributed by atoms with Crippen LogP contribution in [0, 0.1) is 0 Å². The Balaban J connectivity index is 1.54. The van der Waals surface area contributed by atoms with Crippen molar-refractivity contribution in [2.24, 2.45) is 0 Å². The number of hydrogen-bond donors (Lipinski definition) is 1. The smallest absolute Gasteiger partial charge is 0.340 e. The Labute approximate surface area is 146 Å². The predicted molar refractivity (Wildman–Crippen MR) is 88.9 cm³/mol. The minimum atomic E-state index is -4.30. The van der Waals surface area contributed by atoms with Crippen molar-refractivity contribution >= 4 is 5.91 Å². The lowest BCUT2D eigenvalue weighted by Gasteiger charge is -2.29. The van der Waals surface area contributed by atoms with E-state index >= 15 is 0 Å². The quantitative estimate of drug-likeness (QED) is 0.852. The van der Waals surface area contributed by atoms with Gasteiger partial charge in [0.15, 0.2) is 0 Å². The van der Waals surface area contributed by atoms with E-state index in [0.717, 1.165) is 56.7 Å². The average molecular weight is 355 g/mol. The summed E-state index contributed by atoms with van der Waals surface area (Å²) < 4.78 is 37.9. The van der Waals surface area contributed by atoms with E-state index in [4.69, 9.17) is 0 Å². The third-order valence-electron chi connectivity index (χ3n) is 4.81. The minimum Gasteiger partial charge on any atom is -0.340 e. The van der Waals surface area contributed by atoms with Crippen LogP contribution in [0.1, 0.15) is 30.4 Å². The van der Waals surface area contributed by atoms with Crippen LogP contribution in [-0.4, -0.2) is 54.5 Å². The first-order chi connectivity index (χ1) is 11.9. The van der Waals surface area contributed by atoms with Crippen molar-refractivity contribution in [1.29, 1.82) is 0 Å². The monoisotopic (exact) mass is 355 g/mol. The number of alkyl halides is 3. The molecule has 1 N–H and O–H groups in total. The first-order valence-electron chi connectivity index (χ1n) is 8.82. The SMILES string of the molecule is O=C(CCN(Cc1ccc(C(F)(F)F)cc1)C1CC1)N1CCNCC1. The molecule has 1 aromatic carbocycles. The van der Waals surface area contributed by atoms with E-state index in [-0.39, 0.29) is 5.91 Å². The molecule has 3 rings (SSSR count). The van der Waals surface area contributed by atoms with E-state index < -0.39 is 11.7 Å². The molecule has 7 heteroatoms. The fourth-order valence-electron chi connectivity index (χ4n) is 3.18. The zero-order valence-electron chi connectivity index (χ0n) is 14.2. The van der Waals surface area contributed by atoms with Crippen LogP contribution in [-0.2, 0) is 17.5 Å². The normalized spacial score (nSPS) is 18.6. The van der Waals surface area contributed by atoms with Gasteiger partial charge in [0, 0.05) is 51.7 Å². The Morgan fingerprint density at radius 3 is 2.36 bits per heavy atom. The van der Waals surface area contributed by atoms with Gasteiger partial charge < -0.3 is 10.2 Å². The summed E-state index contributed by atoms with van der Waals surface area (Å²) >= 11 is 0. The number of amides is 1. The maximum atomic E-state index is 12.6. The maximum Gasteiger partial charge on any atom is 0.416 e. The highest BCUT2D eigenvalue weighted by atomic mass is 19.4. The van der Waals surface area contributed by atoms with Gasteiger partial charge in [0.05, 0.1) is 5.56 Å². The molecule has 1 aromatic rings. The van der Waals surface area contributed by atoms with Crippen molar-refractivity contribution in [2.45, 2.75) is 38.0 Å². The number of hydrogen-bond acceptors (Lipinski definition) is 3. The first kappa shape index (κ1) is 18.2. The molecular weight excluding hydrogens is 331 g/mol. The molecule has 0 unspecified atom stereocenters. The van der Waals surface area contributed by atoms with Crippen molar-refractivity contribution < 1.29 is 18.0 Å². The lowest BCUT2D eigenvalue weighted by molar-refractivity contribution is -0.137. The Kier molecular flexibility index (Phi) is 5.64. The highest BCUT2D eigenvalue weighted by molar-refractivity contribution is 5.76. The standard InChI is InChI=1S/C18H24F3N3O/c19-18(20,21)15-3-1-14(2-4-15)13-24(16-5-6-16)10-7-17(25)23-11-8-22-9-12-23/h1-4,16,22H,5-13H2. The molecule has 4 nitrogen and oxygen atoms in total. The maximum absolute atomic E-state index is 12.6. The van der Waals surface area contributed by atoms with Crippen LogP contribution in [0.15, 0.2) is 24.3 Å². The van der Waals surface area contributed by atoms with Gasteiger partial charge in [-0.3, -0.25) is 9.69 Å². The Hall–Kier alpha value is -1.60. The number of nitrogens with zero attached hydrogens (tertiary/aromatic N) is 2. The highest BCUT2D eigenvalue weighted by Crippen LogP contribution is 2.31. The molecule has 1 saturated heterocycles. The Morgan fingerprint density at radius 1 is 1.16 bits per heavy atom. The Bertz CT molecular complexity index is 578. The van der Waals surface area contributed by atoms with E-state index in [9.17, 15) is 18.0 Å². The van der Waals surface area contributed by atoms with Crippen LogP contribution in [0.25, 0.3) is 0 Å². The van der Waals surface area contributed by atoms with Gasteiger partial charge in [0.1, 0.15) is 0 Å². The van der Waals surface area contributed by atoms with Crippen LogP contribution in [0.5, 0.6) is 0 Å². The van der Waals surface area contributed by atoms with Gasteiger partial charge in [-0.05, 0) is 30.5 Å². The largest absolute Gasteiger partial charge is 0.416 e. The second-order valence-corrected chi connectivity index (χ2v) is 6.78. The van der Waals surface area contributed by atoms with Crippen LogP contribution in [0.4, 0.5) is 13.2 Å². The predicted octanol–water partition coefficient (Wildman–Crippen LogP) is 2.49. The average Bonchev–Trinajstić information content (AvgIpc) is 3.44. The number of rotatable bonds is 6. The van der Waals surface area contributed by atoms with E-state index in [1.54, 1.807) is 0 Å². The Morgan fingerprint density at radius 2 is 1.80 bits per heavy atom. The van der Waals surface area contributed by atoms with Crippen LogP contribution >= 0.6 is 0 Å². The molecule has 2 fully saturated rings. The minimum absolute atomic E-state index is 0.166. The highest BCUT2D eigenvalue weighted by Gasteiger charge is 2.31. The van der Waals surface area contributed by atoms with E-state index in [0.29, 0.717) is 25.6 Å². The van der Waals surface area contributed by atoms with Crippen molar-refractivity contribution in [3.63, 3.8) is 0 Å². The zero-order chi connectivity index (χ0) is 17.9. The summed E-state index contributed by atoms with van der Waals surface area (Å²) in [5.41, 5.74) is 0.234. The van der Waals surface area contributed by atoms with E-state index in [2.05, 4.69) is 10.2 Å². The lowest BCUT2D eigenvalue weighted by Crippen LogP contribution is -2.47. The number of piperazine rings is 1. The van der Waals surface area contributed by atoms with Crippen molar-refractivity contribution in [3.8, 4) is 0 Å². The number of carbonyl (C=O) groups excluding carboxylic acids is 1. The summed E-state index contributed by atoms with van der Waals surface area (Å²) in [6, 6.07) is 5.80. The van der Waals surface area contributed by atoms with Gasteiger partial charge in [-0.25, -0.2) is 0 Å². The molecule has 0 spiro atoms. The number of carbonyl (C=O) groups is 1. The summed E-state index contributed by atoms with van der Waals surface area (Å²) in [6.45, 7) is 4.43. The summed E-state index contributed by atoms with van der Waals surface area (Å²) in [7, 11) is 0. The number of benzene rings is 1. The van der Waals surface area contributed by atoms with Gasteiger partial charge in [0.2, 0.25) is 5.91 Å². The third kappa shape index (κ3) is 5.19. The van der Waals surface area contributed by atoms with Gasteiger partial charge in [-0.2, -0.15) is 13.2 Å². The van der Waals surface area contributed by atoms with Gasteiger partial charge >= 0.3 is 6.18 Å². The molecule has 2 aliphatic rings. The fraction of sp³-hybridized carbons (Fsp3) is 0.611. The molecule has 1 amide bonds. The van der Waals surface area contributed by atoms with E-state index in [1.807, 2.05) is 4.90 Å². The first-order valence-corrected chi connectivity index (χ1v) is 8.82. The van der Waals surface area contributed by atoms with E-state index in [1.165, 1.54) is 12.1 Å². The second kappa shape index (κ2) is 7.74. The molecule has 1 aliphatic carbocycles. The lowest BCUT2D eigenvalue weighted by atomic mass is 10.1. The van der Waals surface area contributed by atoms with Gasteiger partial charge in [0.25, 0.3) is 0 Å². The molecule has 0 bridgehead atoms. The molecule has 1 heterocycles. The van der Waals surface area contributed by atoms with Crippen molar-refractivity contribution in [2.75, 3.05) is 32.7 Å². The van der Waals surface area contributed by atoms with Crippen molar-refractivity contribution in [3.05, 3.63) is 35.4 Å². The van der Waals surface area contributed by atoms with Gasteiger partial charge in [-0.1, -0.05) is 12.1 Å². The number of halogens is 3. The summed E-state index contributed by atoms with van der Waals surface area (Å²) in [4.78, 5) is 16.4. The molecule has 1 saturated carbocycles. The van der Waals surface area contributed by atoms with Crippen LogP contribution < -0.4 is 5.32 Å². The summed E-state index contributed by atoms with van der Waals surface area (Å²) in [5, 5.41) is 3.23. The molecule has 0 radical (unpaired) electrons. The molecular formula is C18H24F3N3O. The van der Waals surface area contributed by atoms with Crippen LogP contribution in [0.2, 0.25) is 0 Å². The summed E-state index contributed by atoms with van der Waals surface area (Å²) in [5.74, 6) is 0.166. The molecule has 138 valence electrons. The van der Waals surface area contributed by atoms with Crippen molar-refractivity contribution in [1.82, 2.24) is 15.1 Å². The number of nitrogens with one attached hydrogen (secondary N) is 1. The molecule has 1 aliphatic heterocycles. The van der Waals surface area contributed by atoms with Crippen LogP contribution in [0.3, 0.4) is 0 Å². The topological polar surface area (TPSA) is 35.6 Å². The summed E-state index contributed by atoms with van der Waals surface area (Å²) in [6.07, 6.45) is -1.63. The third-order valence-corrected chi connectivity index (χ3v) is 4.81. The second-order valence-electron chi connectivity index (χ2n) is 6.78. The molecule has 0 aromatic heterocycles. The fourth-order valence-corrected chi connectivity index (χ4v) is 3.18. The van der Waals surface area contributed by atoms with Gasteiger partial charge in [-0.15, -0.1) is 0 Å². The molecule has 0 atom stereocenters. The molecule has 25 heavy (non-hydrogen) atoms.